The molecule has 1 aliphatic heterocycles. The van der Waals surface area contributed by atoms with Gasteiger partial charge in [-0.05, 0) is 57.0 Å². The number of halogens is 1. The van der Waals surface area contributed by atoms with Crippen LogP contribution in [0.25, 0.3) is 0 Å². The summed E-state index contributed by atoms with van der Waals surface area (Å²) in [5, 5.41) is 6.55. The molecule has 3 N–H and O–H groups in total. The van der Waals surface area contributed by atoms with Crippen molar-refractivity contribution < 1.29 is 17.9 Å². The summed E-state index contributed by atoms with van der Waals surface area (Å²) in [4.78, 5) is 11.4. The maximum absolute atomic E-state index is 13.2. The zero-order valence-electron chi connectivity index (χ0n) is 23.4. The number of benzene rings is 2. The lowest BCUT2D eigenvalue weighted by Crippen LogP contribution is -2.33. The highest BCUT2D eigenvalue weighted by atomic mass is 35.5. The maximum Gasteiger partial charge on any atom is 0.242 e. The van der Waals surface area contributed by atoms with Crippen LogP contribution in [0.4, 0.5) is 23.1 Å². The molecular formula is C29H37ClN6O4S. The second-order valence-electron chi connectivity index (χ2n) is 10.3. The summed E-state index contributed by atoms with van der Waals surface area (Å²) in [7, 11) is -3.74. The van der Waals surface area contributed by atoms with Crippen molar-refractivity contribution >= 4 is 44.8 Å². The highest BCUT2D eigenvalue weighted by molar-refractivity contribution is 7.89. The topological polar surface area (TPSA) is 118 Å². The van der Waals surface area contributed by atoms with Crippen molar-refractivity contribution in [1.29, 1.82) is 0 Å². The zero-order chi connectivity index (χ0) is 28.8. The molecule has 2 heterocycles. The molecule has 3 aromatic rings. The highest BCUT2D eigenvalue weighted by Gasteiger charge is 2.26. The summed E-state index contributed by atoms with van der Waals surface area (Å²) in [6.45, 7) is 7.52. The van der Waals surface area contributed by atoms with Crippen LogP contribution in [0.5, 0.6) is 11.5 Å². The predicted octanol–water partition coefficient (Wildman–Crippen LogP) is 5.71. The van der Waals surface area contributed by atoms with E-state index in [0.717, 1.165) is 57.5 Å². The van der Waals surface area contributed by atoms with Crippen LogP contribution in [-0.2, 0) is 10.0 Å². The highest BCUT2D eigenvalue weighted by Crippen LogP contribution is 2.34. The van der Waals surface area contributed by atoms with Gasteiger partial charge >= 0.3 is 0 Å². The predicted molar refractivity (Wildman–Crippen MR) is 161 cm³/mol. The molecule has 12 heteroatoms. The van der Waals surface area contributed by atoms with Crippen molar-refractivity contribution in [3.8, 4) is 11.5 Å². The lowest BCUT2D eigenvalue weighted by Gasteiger charge is -2.18. The number of sulfonamides is 1. The molecule has 0 amide bonds. The van der Waals surface area contributed by atoms with Gasteiger partial charge in [0.15, 0.2) is 5.82 Å². The van der Waals surface area contributed by atoms with Crippen LogP contribution >= 0.6 is 11.6 Å². The third kappa shape index (κ3) is 7.40. The van der Waals surface area contributed by atoms with E-state index in [1.54, 1.807) is 24.3 Å². The molecule has 1 aromatic heterocycles. The van der Waals surface area contributed by atoms with Crippen molar-refractivity contribution in [2.24, 2.45) is 0 Å². The van der Waals surface area contributed by atoms with E-state index in [1.165, 1.54) is 6.20 Å². The Bertz CT molecular complexity index is 1450. The number of anilines is 4. The molecule has 220 valence electrons. The molecule has 1 saturated heterocycles. The molecule has 1 unspecified atom stereocenters. The molecule has 1 saturated carbocycles. The Hall–Kier alpha value is -3.12. The number of rotatable bonds is 12. The number of hydrogen-bond donors (Lipinski definition) is 3. The van der Waals surface area contributed by atoms with E-state index in [-0.39, 0.29) is 33.8 Å². The summed E-state index contributed by atoms with van der Waals surface area (Å²) in [6, 6.07) is 12.3. The van der Waals surface area contributed by atoms with Crippen molar-refractivity contribution in [3.05, 3.63) is 53.7 Å². The minimum absolute atomic E-state index is 0.0491. The van der Waals surface area contributed by atoms with Gasteiger partial charge in [-0.15, -0.1) is 0 Å². The van der Waals surface area contributed by atoms with Crippen molar-refractivity contribution in [1.82, 2.24) is 19.6 Å². The quantitative estimate of drug-likeness (QED) is 0.240. The fraction of sp³-hybridized carbons (Fsp3) is 0.448. The minimum Gasteiger partial charge on any atom is -0.492 e. The molecule has 0 spiro atoms. The number of ether oxygens (including phenoxy) is 2. The van der Waals surface area contributed by atoms with Crippen LogP contribution in [0.2, 0.25) is 5.02 Å². The average Bonchev–Trinajstić information content (AvgIpc) is 3.64. The fourth-order valence-corrected chi connectivity index (χ4v) is 6.83. The summed E-state index contributed by atoms with van der Waals surface area (Å²) >= 11 is 6.43. The summed E-state index contributed by atoms with van der Waals surface area (Å²) in [5.74, 6) is 1.89. The Balaban J connectivity index is 1.33. The molecule has 41 heavy (non-hydrogen) atoms. The van der Waals surface area contributed by atoms with E-state index in [2.05, 4.69) is 37.1 Å². The van der Waals surface area contributed by atoms with Gasteiger partial charge in [0.2, 0.25) is 16.0 Å². The molecule has 0 radical (unpaired) electrons. The molecule has 1 aliphatic carbocycles. The molecule has 5 rings (SSSR count). The molecular weight excluding hydrogens is 564 g/mol. The first-order chi connectivity index (χ1) is 19.8. The van der Waals surface area contributed by atoms with Gasteiger partial charge in [-0.25, -0.2) is 18.1 Å². The zero-order valence-corrected chi connectivity index (χ0v) is 25.0. The average molecular weight is 601 g/mol. The normalized spacial score (nSPS) is 18.0. The fourth-order valence-electron chi connectivity index (χ4n) is 5.22. The Labute approximate surface area is 246 Å². The lowest BCUT2D eigenvalue weighted by atomic mass is 10.2. The van der Waals surface area contributed by atoms with Crippen molar-refractivity contribution in [2.45, 2.75) is 63.0 Å². The van der Waals surface area contributed by atoms with Gasteiger partial charge in [0, 0.05) is 25.2 Å². The van der Waals surface area contributed by atoms with Gasteiger partial charge in [0.25, 0.3) is 0 Å². The number of likely N-dealkylation sites (tertiary alicyclic amines) is 1. The van der Waals surface area contributed by atoms with E-state index < -0.39 is 10.0 Å². The van der Waals surface area contributed by atoms with Crippen LogP contribution in [0.3, 0.4) is 0 Å². The first kappa shape index (κ1) is 29.4. The Kier molecular flexibility index (Phi) is 9.49. The molecule has 2 fully saturated rings. The van der Waals surface area contributed by atoms with Crippen LogP contribution < -0.4 is 24.8 Å². The van der Waals surface area contributed by atoms with E-state index >= 15 is 0 Å². The van der Waals surface area contributed by atoms with Gasteiger partial charge in [-0.3, -0.25) is 4.90 Å². The van der Waals surface area contributed by atoms with Crippen LogP contribution in [-0.4, -0.2) is 61.7 Å². The first-order valence-corrected chi connectivity index (χ1v) is 16.0. The van der Waals surface area contributed by atoms with Crippen LogP contribution in [0.1, 0.15) is 46.0 Å². The van der Waals surface area contributed by atoms with Gasteiger partial charge in [-0.1, -0.05) is 43.5 Å². The second-order valence-corrected chi connectivity index (χ2v) is 12.3. The maximum atomic E-state index is 13.2. The van der Waals surface area contributed by atoms with Gasteiger partial charge in [0.05, 0.1) is 24.2 Å². The number of aromatic nitrogens is 2. The standard InChI is InChI=1S/C29H37ClN6O4S/c1-3-36-16-15-22(19-36)40-21-13-14-24(26(17-21)39-4-2)33-29-31-18-23(30)28(34-29)32-25-11-7-8-12-27(25)41(37,38)35-20-9-5-6-10-20/h7-8,11-14,17-18,20,22,35H,3-6,9-10,15-16,19H2,1-2H3,(H2,31,32,33,34). The Morgan fingerprint density at radius 1 is 1.05 bits per heavy atom. The Morgan fingerprint density at radius 3 is 2.61 bits per heavy atom. The second kappa shape index (κ2) is 13.2. The van der Waals surface area contributed by atoms with E-state index in [9.17, 15) is 8.42 Å². The number of hydrogen-bond acceptors (Lipinski definition) is 9. The van der Waals surface area contributed by atoms with Gasteiger partial charge < -0.3 is 20.1 Å². The SMILES string of the molecule is CCOc1cc(OC2CCN(CC)C2)ccc1Nc1ncc(Cl)c(Nc2ccccc2S(=O)(=O)NC2CCCC2)n1. The third-order valence-corrected chi connectivity index (χ3v) is 9.18. The summed E-state index contributed by atoms with van der Waals surface area (Å²) < 4.78 is 41.3. The van der Waals surface area contributed by atoms with Gasteiger partial charge in [0.1, 0.15) is 27.5 Å². The smallest absolute Gasteiger partial charge is 0.242 e. The van der Waals surface area contributed by atoms with E-state index in [4.69, 9.17) is 21.1 Å². The molecule has 2 aromatic carbocycles. The first-order valence-electron chi connectivity index (χ1n) is 14.2. The summed E-state index contributed by atoms with van der Waals surface area (Å²) in [5.41, 5.74) is 1.03. The largest absolute Gasteiger partial charge is 0.492 e. The Morgan fingerprint density at radius 2 is 1.85 bits per heavy atom. The van der Waals surface area contributed by atoms with Crippen molar-refractivity contribution in [2.75, 3.05) is 36.9 Å². The van der Waals surface area contributed by atoms with Crippen LogP contribution in [0.15, 0.2) is 53.6 Å². The van der Waals surface area contributed by atoms with Gasteiger partial charge in [-0.2, -0.15) is 4.98 Å². The van der Waals surface area contributed by atoms with E-state index in [1.807, 2.05) is 25.1 Å². The van der Waals surface area contributed by atoms with E-state index in [0.29, 0.717) is 23.7 Å². The monoisotopic (exact) mass is 600 g/mol. The molecule has 1 atom stereocenters. The van der Waals surface area contributed by atoms with Crippen molar-refractivity contribution in [3.63, 3.8) is 0 Å². The number of nitrogens with one attached hydrogen (secondary N) is 3. The number of para-hydroxylation sites is 1. The number of likely N-dealkylation sites (N-methyl/N-ethyl adjacent to an activating group) is 1. The summed E-state index contributed by atoms with van der Waals surface area (Å²) in [6.07, 6.45) is 6.35. The molecule has 2 aliphatic rings. The van der Waals surface area contributed by atoms with Crippen LogP contribution in [0, 0.1) is 0 Å². The lowest BCUT2D eigenvalue weighted by molar-refractivity contribution is 0.201. The molecule has 10 nitrogen and oxygen atoms in total. The minimum atomic E-state index is -3.74. The number of nitrogens with zero attached hydrogens (tertiary/aromatic N) is 3. The molecule has 0 bridgehead atoms. The third-order valence-electron chi connectivity index (χ3n) is 7.33.